The second kappa shape index (κ2) is 6.26. The second-order valence-electron chi connectivity index (χ2n) is 2.84. The van der Waals surface area contributed by atoms with Gasteiger partial charge in [0.15, 0.2) is 0 Å². The van der Waals surface area contributed by atoms with E-state index in [1.807, 2.05) is 6.92 Å². The molecule has 0 spiro atoms. The minimum absolute atomic E-state index is 0.0415. The van der Waals surface area contributed by atoms with Gasteiger partial charge >= 0.3 is 0 Å². The molecular weight excluding hydrogens is 253 g/mol. The van der Waals surface area contributed by atoms with Crippen LogP contribution in [0, 0.1) is 0 Å². The Balaban J connectivity index is 2.60. The molecule has 0 aliphatic carbocycles. The molecule has 0 fully saturated rings. The molecule has 1 aromatic carbocycles. The normalized spacial score (nSPS) is 10.1. The Morgan fingerprint density at radius 1 is 1.33 bits per heavy atom. The SMILES string of the molecule is CCSCC(=O)Nc1cc(Cl)cc(Cl)c1. The minimum Gasteiger partial charge on any atom is -0.325 e. The number of nitrogens with one attached hydrogen (secondary N) is 1. The Kier molecular flexibility index (Phi) is 5.29. The van der Waals surface area contributed by atoms with Crippen LogP contribution in [0.25, 0.3) is 0 Å². The van der Waals surface area contributed by atoms with E-state index in [9.17, 15) is 4.79 Å². The van der Waals surface area contributed by atoms with E-state index in [2.05, 4.69) is 5.32 Å². The number of amides is 1. The highest BCUT2D eigenvalue weighted by molar-refractivity contribution is 7.99. The maximum Gasteiger partial charge on any atom is 0.234 e. The Labute approximate surface area is 103 Å². The molecule has 5 heteroatoms. The van der Waals surface area contributed by atoms with Gasteiger partial charge in [0, 0.05) is 15.7 Å². The van der Waals surface area contributed by atoms with Crippen LogP contribution in [-0.4, -0.2) is 17.4 Å². The molecule has 15 heavy (non-hydrogen) atoms. The van der Waals surface area contributed by atoms with Gasteiger partial charge in [-0.25, -0.2) is 0 Å². The predicted octanol–water partition coefficient (Wildman–Crippen LogP) is 3.69. The third-order valence-corrected chi connectivity index (χ3v) is 2.89. The summed E-state index contributed by atoms with van der Waals surface area (Å²) in [7, 11) is 0. The zero-order chi connectivity index (χ0) is 11.3. The summed E-state index contributed by atoms with van der Waals surface area (Å²) in [5, 5.41) is 3.76. The summed E-state index contributed by atoms with van der Waals surface area (Å²) in [4.78, 5) is 11.4. The molecule has 0 aliphatic rings. The maximum absolute atomic E-state index is 11.4. The highest BCUT2D eigenvalue weighted by Crippen LogP contribution is 2.22. The van der Waals surface area contributed by atoms with Gasteiger partial charge in [0.1, 0.15) is 0 Å². The van der Waals surface area contributed by atoms with Crippen LogP contribution in [-0.2, 0) is 4.79 Å². The summed E-state index contributed by atoms with van der Waals surface area (Å²) < 4.78 is 0. The van der Waals surface area contributed by atoms with E-state index < -0.39 is 0 Å². The van der Waals surface area contributed by atoms with Crippen LogP contribution in [0.4, 0.5) is 5.69 Å². The van der Waals surface area contributed by atoms with Gasteiger partial charge in [0.05, 0.1) is 5.75 Å². The van der Waals surface area contributed by atoms with Crippen LogP contribution in [0.15, 0.2) is 18.2 Å². The molecule has 1 N–H and O–H groups in total. The minimum atomic E-state index is -0.0415. The van der Waals surface area contributed by atoms with Gasteiger partial charge in [-0.15, -0.1) is 0 Å². The van der Waals surface area contributed by atoms with Crippen molar-refractivity contribution in [3.05, 3.63) is 28.2 Å². The summed E-state index contributed by atoms with van der Waals surface area (Å²) in [5.74, 6) is 1.32. The van der Waals surface area contributed by atoms with Gasteiger partial charge in [-0.3, -0.25) is 4.79 Å². The standard InChI is InChI=1S/C10H11Cl2NOS/c1-2-15-6-10(14)13-9-4-7(11)3-8(12)5-9/h3-5H,2,6H2,1H3,(H,13,14). The van der Waals surface area contributed by atoms with Crippen molar-refractivity contribution in [1.82, 2.24) is 0 Å². The van der Waals surface area contributed by atoms with Gasteiger partial charge in [0.25, 0.3) is 0 Å². The lowest BCUT2D eigenvalue weighted by molar-refractivity contribution is -0.113. The van der Waals surface area contributed by atoms with Crippen LogP contribution in [0.5, 0.6) is 0 Å². The molecule has 1 amide bonds. The Morgan fingerprint density at radius 2 is 1.93 bits per heavy atom. The largest absolute Gasteiger partial charge is 0.325 e. The quantitative estimate of drug-likeness (QED) is 0.898. The number of halogens is 2. The predicted molar refractivity (Wildman–Crippen MR) is 68.1 cm³/mol. The smallest absolute Gasteiger partial charge is 0.234 e. The fraction of sp³-hybridized carbons (Fsp3) is 0.300. The molecule has 0 atom stereocenters. The van der Waals surface area contributed by atoms with E-state index in [1.54, 1.807) is 30.0 Å². The van der Waals surface area contributed by atoms with Crippen molar-refractivity contribution in [3.8, 4) is 0 Å². The summed E-state index contributed by atoms with van der Waals surface area (Å²) in [6.07, 6.45) is 0. The van der Waals surface area contributed by atoms with E-state index in [0.29, 0.717) is 21.5 Å². The lowest BCUT2D eigenvalue weighted by Gasteiger charge is -2.05. The first-order valence-electron chi connectivity index (χ1n) is 4.45. The highest BCUT2D eigenvalue weighted by Gasteiger charge is 2.03. The van der Waals surface area contributed by atoms with Crippen molar-refractivity contribution < 1.29 is 4.79 Å². The number of benzene rings is 1. The average Bonchev–Trinajstić information content (AvgIpc) is 2.13. The number of anilines is 1. The summed E-state index contributed by atoms with van der Waals surface area (Å²) in [6.45, 7) is 2.01. The Hall–Kier alpha value is -0.380. The first-order valence-corrected chi connectivity index (χ1v) is 6.36. The van der Waals surface area contributed by atoms with Crippen molar-refractivity contribution in [2.24, 2.45) is 0 Å². The van der Waals surface area contributed by atoms with Crippen molar-refractivity contribution in [3.63, 3.8) is 0 Å². The molecule has 82 valence electrons. The lowest BCUT2D eigenvalue weighted by atomic mass is 10.3. The zero-order valence-electron chi connectivity index (χ0n) is 8.22. The van der Waals surface area contributed by atoms with E-state index in [1.165, 1.54) is 0 Å². The van der Waals surface area contributed by atoms with Crippen LogP contribution in [0.1, 0.15) is 6.92 Å². The third-order valence-electron chi connectivity index (χ3n) is 1.58. The molecule has 1 rings (SSSR count). The zero-order valence-corrected chi connectivity index (χ0v) is 10.5. The number of rotatable bonds is 4. The molecule has 0 saturated heterocycles. The summed E-state index contributed by atoms with van der Waals surface area (Å²) in [5.41, 5.74) is 0.634. The Bertz CT molecular complexity index is 337. The van der Waals surface area contributed by atoms with Crippen molar-refractivity contribution in [2.45, 2.75) is 6.92 Å². The van der Waals surface area contributed by atoms with E-state index in [-0.39, 0.29) is 5.91 Å². The van der Waals surface area contributed by atoms with Crippen molar-refractivity contribution in [2.75, 3.05) is 16.8 Å². The molecule has 0 unspecified atom stereocenters. The molecule has 2 nitrogen and oxygen atoms in total. The first kappa shape index (κ1) is 12.7. The first-order chi connectivity index (χ1) is 7.11. The van der Waals surface area contributed by atoms with Crippen molar-refractivity contribution >= 4 is 46.6 Å². The van der Waals surface area contributed by atoms with Crippen LogP contribution in [0.2, 0.25) is 10.0 Å². The number of carbonyl (C=O) groups excluding carboxylic acids is 1. The molecule has 0 aromatic heterocycles. The second-order valence-corrected chi connectivity index (χ2v) is 4.99. The molecular formula is C10H11Cl2NOS. The Morgan fingerprint density at radius 3 is 2.47 bits per heavy atom. The molecule has 0 saturated carbocycles. The fourth-order valence-corrected chi connectivity index (χ4v) is 2.01. The third kappa shape index (κ3) is 4.78. The van der Waals surface area contributed by atoms with Crippen LogP contribution < -0.4 is 5.32 Å². The number of hydrogen-bond acceptors (Lipinski definition) is 2. The topological polar surface area (TPSA) is 29.1 Å². The average molecular weight is 264 g/mol. The summed E-state index contributed by atoms with van der Waals surface area (Å²) in [6, 6.07) is 4.96. The van der Waals surface area contributed by atoms with Gasteiger partial charge in [0.2, 0.25) is 5.91 Å². The highest BCUT2D eigenvalue weighted by atomic mass is 35.5. The molecule has 0 aliphatic heterocycles. The molecule has 0 heterocycles. The van der Waals surface area contributed by atoms with E-state index in [4.69, 9.17) is 23.2 Å². The number of hydrogen-bond donors (Lipinski definition) is 1. The van der Waals surface area contributed by atoms with E-state index >= 15 is 0 Å². The van der Waals surface area contributed by atoms with Crippen molar-refractivity contribution in [1.29, 1.82) is 0 Å². The lowest BCUT2D eigenvalue weighted by Crippen LogP contribution is -2.14. The number of thioether (sulfide) groups is 1. The maximum atomic E-state index is 11.4. The van der Waals surface area contributed by atoms with Gasteiger partial charge < -0.3 is 5.32 Å². The van der Waals surface area contributed by atoms with Crippen LogP contribution >= 0.6 is 35.0 Å². The van der Waals surface area contributed by atoms with Gasteiger partial charge in [-0.2, -0.15) is 11.8 Å². The molecule has 1 aromatic rings. The molecule has 0 bridgehead atoms. The monoisotopic (exact) mass is 263 g/mol. The van der Waals surface area contributed by atoms with Gasteiger partial charge in [-0.05, 0) is 24.0 Å². The fourth-order valence-electron chi connectivity index (χ4n) is 1.02. The van der Waals surface area contributed by atoms with E-state index in [0.717, 1.165) is 5.75 Å². The van der Waals surface area contributed by atoms with Crippen LogP contribution in [0.3, 0.4) is 0 Å². The summed E-state index contributed by atoms with van der Waals surface area (Å²) >= 11 is 13.2. The van der Waals surface area contributed by atoms with Gasteiger partial charge in [-0.1, -0.05) is 30.1 Å². The number of carbonyl (C=O) groups is 1. The molecule has 0 radical (unpaired) electrons.